The summed E-state index contributed by atoms with van der Waals surface area (Å²) in [4.78, 5) is 24.6. The molecule has 0 aliphatic carbocycles. The number of hydrogen-bond acceptors (Lipinski definition) is 3. The van der Waals surface area contributed by atoms with Crippen LogP contribution in [0.2, 0.25) is 0 Å². The molecule has 2 aromatic rings. The molecule has 2 rings (SSSR count). The van der Waals surface area contributed by atoms with Crippen molar-refractivity contribution in [2.45, 2.75) is 26.8 Å². The van der Waals surface area contributed by atoms with Gasteiger partial charge < -0.3 is 14.6 Å². The van der Waals surface area contributed by atoms with Crippen molar-refractivity contribution in [3.05, 3.63) is 58.0 Å². The molecule has 1 amide bonds. The van der Waals surface area contributed by atoms with Crippen LogP contribution in [0.3, 0.4) is 0 Å². The first-order valence-electron chi connectivity index (χ1n) is 7.08. The van der Waals surface area contributed by atoms with Gasteiger partial charge in [-0.1, -0.05) is 12.1 Å². The molecule has 1 unspecified atom stereocenters. The zero-order valence-corrected chi connectivity index (χ0v) is 13.2. The average molecular weight is 300 g/mol. The Balaban J connectivity index is 2.27. The van der Waals surface area contributed by atoms with Crippen LogP contribution in [0.25, 0.3) is 0 Å². The van der Waals surface area contributed by atoms with Crippen molar-refractivity contribution >= 4 is 11.6 Å². The first kappa shape index (κ1) is 15.8. The van der Waals surface area contributed by atoms with Gasteiger partial charge in [0.2, 0.25) is 5.91 Å². The van der Waals surface area contributed by atoms with Gasteiger partial charge in [0.25, 0.3) is 5.56 Å². The fourth-order valence-corrected chi connectivity index (χ4v) is 2.20. The molecule has 0 radical (unpaired) electrons. The van der Waals surface area contributed by atoms with Gasteiger partial charge in [0, 0.05) is 11.9 Å². The van der Waals surface area contributed by atoms with E-state index < -0.39 is 6.04 Å². The lowest BCUT2D eigenvalue weighted by atomic mass is 10.1. The van der Waals surface area contributed by atoms with Gasteiger partial charge in [-0.15, -0.1) is 0 Å². The van der Waals surface area contributed by atoms with Gasteiger partial charge in [-0.2, -0.15) is 0 Å². The van der Waals surface area contributed by atoms with Crippen LogP contribution in [0.5, 0.6) is 5.75 Å². The number of hydrogen-bond donors (Lipinski definition) is 1. The van der Waals surface area contributed by atoms with Gasteiger partial charge in [-0.25, -0.2) is 0 Å². The zero-order chi connectivity index (χ0) is 16.3. The van der Waals surface area contributed by atoms with Crippen molar-refractivity contribution in [2.75, 3.05) is 12.4 Å². The molecule has 1 aromatic carbocycles. The smallest absolute Gasteiger partial charge is 0.293 e. The Morgan fingerprint density at radius 3 is 2.64 bits per heavy atom. The van der Waals surface area contributed by atoms with Gasteiger partial charge in [-0.05, 0) is 50.1 Å². The molecule has 1 aromatic heterocycles. The van der Waals surface area contributed by atoms with E-state index in [1.54, 1.807) is 25.3 Å². The van der Waals surface area contributed by atoms with Gasteiger partial charge >= 0.3 is 0 Å². The fraction of sp³-hybridized carbons (Fsp3) is 0.294. The minimum Gasteiger partial charge on any atom is -0.491 e. The fourth-order valence-electron chi connectivity index (χ4n) is 2.20. The Bertz CT molecular complexity index is 750. The van der Waals surface area contributed by atoms with E-state index in [1.165, 1.54) is 11.7 Å². The van der Waals surface area contributed by atoms with Crippen LogP contribution >= 0.6 is 0 Å². The molecule has 0 bridgehead atoms. The second-order valence-electron chi connectivity index (χ2n) is 5.20. The van der Waals surface area contributed by atoms with Crippen LogP contribution in [-0.2, 0) is 4.79 Å². The Hall–Kier alpha value is -2.56. The van der Waals surface area contributed by atoms with Gasteiger partial charge in [-0.3, -0.25) is 9.59 Å². The maximum Gasteiger partial charge on any atom is 0.293 e. The lowest BCUT2D eigenvalue weighted by Gasteiger charge is -2.17. The molecule has 0 aliphatic heterocycles. The molecule has 0 spiro atoms. The number of anilines is 1. The maximum atomic E-state index is 12.4. The highest BCUT2D eigenvalue weighted by Gasteiger charge is 2.18. The number of nitrogens with one attached hydrogen (secondary N) is 1. The quantitative estimate of drug-likeness (QED) is 0.944. The van der Waals surface area contributed by atoms with E-state index in [1.807, 2.05) is 32.0 Å². The molecule has 1 heterocycles. The number of nitrogens with zero attached hydrogens (tertiary/aromatic N) is 1. The maximum absolute atomic E-state index is 12.4. The lowest BCUT2D eigenvalue weighted by Crippen LogP contribution is -2.31. The van der Waals surface area contributed by atoms with E-state index in [0.717, 1.165) is 16.8 Å². The summed E-state index contributed by atoms with van der Waals surface area (Å²) in [5, 5.41) is 2.87. The van der Waals surface area contributed by atoms with Crippen LogP contribution in [0.1, 0.15) is 24.1 Å². The third-order valence-electron chi connectivity index (χ3n) is 3.82. The first-order chi connectivity index (χ1) is 10.5. The highest BCUT2D eigenvalue weighted by atomic mass is 16.5. The Morgan fingerprint density at radius 2 is 1.95 bits per heavy atom. The number of aromatic nitrogens is 1. The highest BCUT2D eigenvalue weighted by Crippen LogP contribution is 2.19. The van der Waals surface area contributed by atoms with Gasteiger partial charge in [0.15, 0.2) is 5.75 Å². The number of carbonyl (C=O) groups excluding carboxylic acids is 1. The van der Waals surface area contributed by atoms with E-state index in [9.17, 15) is 9.59 Å². The molecule has 1 N–H and O–H groups in total. The van der Waals surface area contributed by atoms with Crippen molar-refractivity contribution in [1.29, 1.82) is 0 Å². The molecular formula is C17H20N2O3. The summed E-state index contributed by atoms with van der Waals surface area (Å²) < 4.78 is 6.36. The van der Waals surface area contributed by atoms with Crippen LogP contribution in [0.15, 0.2) is 41.3 Å². The number of carbonyl (C=O) groups is 1. The van der Waals surface area contributed by atoms with E-state index >= 15 is 0 Å². The standard InChI is InChI=1S/C17H20N2O3/c1-11-7-5-8-14(12(11)2)18-16(20)13(3)19-10-6-9-15(22-4)17(19)21/h5-10,13H,1-4H3,(H,18,20). The Morgan fingerprint density at radius 1 is 1.23 bits per heavy atom. The number of ether oxygens (including phenoxy) is 1. The summed E-state index contributed by atoms with van der Waals surface area (Å²) in [5.74, 6) is -0.0297. The van der Waals surface area contributed by atoms with Crippen LogP contribution in [0.4, 0.5) is 5.69 Å². The summed E-state index contributed by atoms with van der Waals surface area (Å²) in [7, 11) is 1.43. The largest absolute Gasteiger partial charge is 0.491 e. The lowest BCUT2D eigenvalue weighted by molar-refractivity contribution is -0.118. The summed E-state index contributed by atoms with van der Waals surface area (Å²) in [5.41, 5.74) is 2.55. The molecule has 116 valence electrons. The summed E-state index contributed by atoms with van der Waals surface area (Å²) in [6, 6.07) is 8.35. The predicted molar refractivity (Wildman–Crippen MR) is 86.5 cm³/mol. The highest BCUT2D eigenvalue weighted by molar-refractivity contribution is 5.94. The number of aryl methyl sites for hydroxylation is 1. The topological polar surface area (TPSA) is 60.3 Å². The van der Waals surface area contributed by atoms with Crippen molar-refractivity contribution < 1.29 is 9.53 Å². The van der Waals surface area contributed by atoms with E-state index in [-0.39, 0.29) is 17.2 Å². The van der Waals surface area contributed by atoms with Crippen molar-refractivity contribution in [1.82, 2.24) is 4.57 Å². The number of rotatable bonds is 4. The van der Waals surface area contributed by atoms with Crippen molar-refractivity contribution in [3.8, 4) is 5.75 Å². The predicted octanol–water partition coefficient (Wildman–Crippen LogP) is 2.67. The van der Waals surface area contributed by atoms with Gasteiger partial charge in [0.1, 0.15) is 6.04 Å². The van der Waals surface area contributed by atoms with Gasteiger partial charge in [0.05, 0.1) is 7.11 Å². The third kappa shape index (κ3) is 3.03. The minimum absolute atomic E-state index is 0.217. The summed E-state index contributed by atoms with van der Waals surface area (Å²) in [6.45, 7) is 5.62. The van der Waals surface area contributed by atoms with E-state index in [2.05, 4.69) is 5.32 Å². The SMILES string of the molecule is COc1cccn(C(C)C(=O)Nc2cccc(C)c2C)c1=O. The second-order valence-corrected chi connectivity index (χ2v) is 5.20. The number of amides is 1. The Labute approximate surface area is 129 Å². The Kier molecular flexibility index (Phi) is 4.65. The van der Waals surface area contributed by atoms with Crippen LogP contribution in [0, 0.1) is 13.8 Å². The molecule has 0 fully saturated rings. The monoisotopic (exact) mass is 300 g/mol. The molecule has 5 heteroatoms. The number of pyridine rings is 1. The van der Waals surface area contributed by atoms with Crippen LogP contribution < -0.4 is 15.6 Å². The third-order valence-corrected chi connectivity index (χ3v) is 3.82. The first-order valence-corrected chi connectivity index (χ1v) is 7.08. The molecule has 1 atom stereocenters. The van der Waals surface area contributed by atoms with Crippen LogP contribution in [-0.4, -0.2) is 17.6 Å². The van der Waals surface area contributed by atoms with Crippen molar-refractivity contribution in [3.63, 3.8) is 0 Å². The second kappa shape index (κ2) is 6.47. The molecule has 22 heavy (non-hydrogen) atoms. The van der Waals surface area contributed by atoms with Crippen molar-refractivity contribution in [2.24, 2.45) is 0 Å². The molecule has 0 aliphatic rings. The minimum atomic E-state index is -0.637. The average Bonchev–Trinajstić information content (AvgIpc) is 2.51. The molecule has 0 saturated carbocycles. The summed E-state index contributed by atoms with van der Waals surface area (Å²) in [6.07, 6.45) is 1.58. The summed E-state index contributed by atoms with van der Waals surface area (Å²) >= 11 is 0. The van der Waals surface area contributed by atoms with E-state index in [4.69, 9.17) is 4.74 Å². The molecule has 0 saturated heterocycles. The zero-order valence-electron chi connectivity index (χ0n) is 13.2. The molecular weight excluding hydrogens is 280 g/mol. The number of benzene rings is 1. The normalized spacial score (nSPS) is 11.8. The van der Waals surface area contributed by atoms with E-state index in [0.29, 0.717) is 0 Å². The number of methoxy groups -OCH3 is 1. The molecule has 5 nitrogen and oxygen atoms in total.